The first kappa shape index (κ1) is 30.3. The summed E-state index contributed by atoms with van der Waals surface area (Å²) >= 11 is 0. The minimum absolute atomic E-state index is 0.784. The number of nitrogens with zero attached hydrogens (tertiary/aromatic N) is 2. The molecule has 254 valence electrons. The van der Waals surface area contributed by atoms with Gasteiger partial charge in [0, 0.05) is 75.9 Å². The van der Waals surface area contributed by atoms with E-state index in [2.05, 4.69) is 130 Å². The van der Waals surface area contributed by atoms with E-state index in [0.717, 1.165) is 76.4 Å². The molecule has 0 spiro atoms. The Labute approximate surface area is 311 Å². The molecule has 0 amide bonds. The van der Waals surface area contributed by atoms with Crippen molar-refractivity contribution in [1.29, 1.82) is 0 Å². The maximum atomic E-state index is 15.7. The number of hydrogen-bond donors (Lipinski definition) is 0. The average molecular weight is 729 g/mol. The van der Waals surface area contributed by atoms with Crippen molar-refractivity contribution in [3.63, 3.8) is 0 Å². The number of hydrogen-bond acceptors (Lipinski definition) is 2. The number of aromatic nitrogens is 2. The van der Waals surface area contributed by atoms with Gasteiger partial charge in [-0.05, 0) is 72.8 Å². The van der Waals surface area contributed by atoms with Crippen molar-refractivity contribution in [2.45, 2.75) is 0 Å². The highest BCUT2D eigenvalue weighted by atomic mass is 31.2. The molecular formula is C48H30N2O2P2. The van der Waals surface area contributed by atoms with Gasteiger partial charge in [-0.2, -0.15) is 0 Å². The maximum Gasteiger partial charge on any atom is 0.172 e. The minimum Gasteiger partial charge on any atom is -0.309 e. The molecule has 6 heteroatoms. The van der Waals surface area contributed by atoms with Crippen LogP contribution in [0.4, 0.5) is 0 Å². The summed E-state index contributed by atoms with van der Waals surface area (Å²) in [5, 5.41) is 9.53. The van der Waals surface area contributed by atoms with Crippen LogP contribution in [0.2, 0.25) is 0 Å². The quantitative estimate of drug-likeness (QED) is 0.170. The Hall–Kier alpha value is -6.18. The molecule has 2 aromatic heterocycles. The third kappa shape index (κ3) is 3.70. The first-order valence-electron chi connectivity index (χ1n) is 18.2. The summed E-state index contributed by atoms with van der Waals surface area (Å²) in [5.41, 5.74) is 8.38. The van der Waals surface area contributed by atoms with E-state index >= 15 is 9.13 Å². The third-order valence-corrected chi connectivity index (χ3v) is 18.0. The smallest absolute Gasteiger partial charge is 0.172 e. The summed E-state index contributed by atoms with van der Waals surface area (Å²) in [6, 6.07) is 62.2. The van der Waals surface area contributed by atoms with Gasteiger partial charge in [-0.1, -0.05) is 109 Å². The van der Waals surface area contributed by atoms with Crippen molar-refractivity contribution in [2.75, 3.05) is 0 Å². The molecule has 4 nitrogen and oxygen atoms in total. The van der Waals surface area contributed by atoms with Crippen LogP contribution in [0.25, 0.3) is 66.1 Å². The maximum absolute atomic E-state index is 15.7. The van der Waals surface area contributed by atoms with Gasteiger partial charge in [0.25, 0.3) is 0 Å². The minimum atomic E-state index is -3.25. The van der Waals surface area contributed by atoms with Crippen molar-refractivity contribution in [1.82, 2.24) is 9.13 Å². The summed E-state index contributed by atoms with van der Waals surface area (Å²) < 4.78 is 36.0. The summed E-state index contributed by atoms with van der Waals surface area (Å²) in [7, 11) is -6.50. The van der Waals surface area contributed by atoms with Crippen LogP contribution in [-0.2, 0) is 9.13 Å². The zero-order valence-corrected chi connectivity index (χ0v) is 30.7. The third-order valence-electron chi connectivity index (χ3n) is 11.8. The fourth-order valence-electron chi connectivity index (χ4n) is 9.46. The molecule has 2 aliphatic rings. The van der Waals surface area contributed by atoms with E-state index in [0.29, 0.717) is 0 Å². The fourth-order valence-corrected chi connectivity index (χ4v) is 15.8. The molecule has 2 aliphatic heterocycles. The molecule has 0 bridgehead atoms. The van der Waals surface area contributed by atoms with Crippen LogP contribution in [0.1, 0.15) is 0 Å². The SMILES string of the molecule is O=P1(c2ccc(-n3c4ccccc4c4ccccc43)cc2)c2cccc3c2-c2c1cccc2P3(=O)c1ccc(-n2c3ccccc3c3ccccc32)cc1. The Morgan fingerprint density at radius 1 is 0.296 bits per heavy atom. The van der Waals surface area contributed by atoms with E-state index in [-0.39, 0.29) is 0 Å². The van der Waals surface area contributed by atoms with Crippen LogP contribution in [0, 0.1) is 0 Å². The van der Waals surface area contributed by atoms with Gasteiger partial charge in [0.2, 0.25) is 0 Å². The van der Waals surface area contributed by atoms with Crippen LogP contribution in [-0.4, -0.2) is 9.13 Å². The van der Waals surface area contributed by atoms with Crippen LogP contribution in [0.15, 0.2) is 182 Å². The number of rotatable bonds is 4. The molecule has 0 saturated carbocycles. The lowest BCUT2D eigenvalue weighted by Crippen LogP contribution is -2.28. The highest BCUT2D eigenvalue weighted by Crippen LogP contribution is 2.60. The van der Waals surface area contributed by atoms with Crippen LogP contribution in [0.5, 0.6) is 0 Å². The Morgan fingerprint density at radius 2 is 0.574 bits per heavy atom. The predicted molar refractivity (Wildman–Crippen MR) is 226 cm³/mol. The van der Waals surface area contributed by atoms with Gasteiger partial charge >= 0.3 is 0 Å². The summed E-state index contributed by atoms with van der Waals surface area (Å²) in [6.45, 7) is 0. The van der Waals surface area contributed by atoms with Crippen molar-refractivity contribution in [3.8, 4) is 22.5 Å². The molecule has 54 heavy (non-hydrogen) atoms. The van der Waals surface area contributed by atoms with Crippen LogP contribution < -0.4 is 31.8 Å². The van der Waals surface area contributed by atoms with Gasteiger partial charge in [-0.15, -0.1) is 0 Å². The molecule has 8 aromatic carbocycles. The predicted octanol–water partition coefficient (Wildman–Crippen LogP) is 9.45. The van der Waals surface area contributed by atoms with E-state index in [1.54, 1.807) is 0 Å². The van der Waals surface area contributed by atoms with Gasteiger partial charge in [-0.25, -0.2) is 0 Å². The molecule has 0 saturated heterocycles. The molecule has 0 aliphatic carbocycles. The molecule has 4 heterocycles. The number of benzene rings is 8. The van der Waals surface area contributed by atoms with Crippen molar-refractivity contribution >= 4 is 89.7 Å². The lowest BCUT2D eigenvalue weighted by molar-refractivity contribution is 0.592. The molecule has 10 aromatic rings. The molecule has 0 fully saturated rings. The topological polar surface area (TPSA) is 44.0 Å². The Bertz CT molecular complexity index is 2950. The highest BCUT2D eigenvalue weighted by Gasteiger charge is 2.51. The van der Waals surface area contributed by atoms with Crippen LogP contribution >= 0.6 is 14.3 Å². The summed E-state index contributed by atoms with van der Waals surface area (Å²) in [6.07, 6.45) is 0. The van der Waals surface area contributed by atoms with Gasteiger partial charge in [0.15, 0.2) is 14.3 Å². The lowest BCUT2D eigenvalue weighted by Gasteiger charge is -2.22. The van der Waals surface area contributed by atoms with Crippen molar-refractivity contribution in [3.05, 3.63) is 182 Å². The molecule has 0 N–H and O–H groups in total. The summed E-state index contributed by atoms with van der Waals surface area (Å²) in [5.74, 6) is 0. The molecule has 0 radical (unpaired) electrons. The Balaban J connectivity index is 0.982. The van der Waals surface area contributed by atoms with Crippen molar-refractivity contribution < 1.29 is 9.13 Å². The van der Waals surface area contributed by atoms with Gasteiger partial charge in [0.1, 0.15) is 0 Å². The standard InChI is InChI=1S/C48H30N2O2P2/c51-53(33-27-23-31(24-28-33)49-39-15-5-1-11-35(39)36-12-2-6-16-40(36)49)43-19-9-21-45-47(43)48-44(53)20-10-22-46(48)54(45,52)34-29-25-32(26-30-34)50-41-17-7-3-13-37(41)38-14-4-8-18-42(38)50/h1-30H. The normalized spacial score (nSPS) is 14.7. The van der Waals surface area contributed by atoms with Gasteiger partial charge in [-0.3, -0.25) is 0 Å². The Kier molecular flexibility index (Phi) is 6.01. The molecule has 0 unspecified atom stereocenters. The van der Waals surface area contributed by atoms with Gasteiger partial charge < -0.3 is 18.3 Å². The van der Waals surface area contributed by atoms with E-state index in [9.17, 15) is 0 Å². The second-order valence-electron chi connectivity index (χ2n) is 14.3. The highest BCUT2D eigenvalue weighted by molar-refractivity contribution is 7.89. The lowest BCUT2D eigenvalue weighted by atomic mass is 10.1. The van der Waals surface area contributed by atoms with Crippen LogP contribution in [0.3, 0.4) is 0 Å². The zero-order chi connectivity index (χ0) is 35.8. The summed E-state index contributed by atoms with van der Waals surface area (Å²) in [4.78, 5) is 0. The number of fused-ring (bicyclic) bond motifs is 6. The monoisotopic (exact) mass is 728 g/mol. The van der Waals surface area contributed by atoms with E-state index in [4.69, 9.17) is 0 Å². The molecule has 12 rings (SSSR count). The van der Waals surface area contributed by atoms with E-state index in [1.807, 2.05) is 60.7 Å². The Morgan fingerprint density at radius 3 is 0.870 bits per heavy atom. The molecular weight excluding hydrogens is 698 g/mol. The second kappa shape index (κ2) is 10.7. The first-order chi connectivity index (χ1) is 26.6. The number of para-hydroxylation sites is 4. The molecule has 0 atom stereocenters. The van der Waals surface area contributed by atoms with E-state index < -0.39 is 14.3 Å². The fraction of sp³-hybridized carbons (Fsp3) is 0. The van der Waals surface area contributed by atoms with Gasteiger partial charge in [0.05, 0.1) is 22.1 Å². The average Bonchev–Trinajstić information content (AvgIpc) is 3.92. The second-order valence-corrected chi connectivity index (χ2v) is 19.7. The largest absolute Gasteiger partial charge is 0.309 e. The van der Waals surface area contributed by atoms with E-state index in [1.165, 1.54) is 21.5 Å². The zero-order valence-electron chi connectivity index (χ0n) is 28.9. The first-order valence-corrected chi connectivity index (χ1v) is 21.7. The van der Waals surface area contributed by atoms with Crippen molar-refractivity contribution in [2.24, 2.45) is 0 Å².